The molecule has 7 nitrogen and oxygen atoms in total. The Balaban J connectivity index is 1.69. The van der Waals surface area contributed by atoms with Crippen LogP contribution in [0.25, 0.3) is 5.70 Å². The minimum atomic E-state index is -1.04. The summed E-state index contributed by atoms with van der Waals surface area (Å²) < 4.78 is 7.24. The van der Waals surface area contributed by atoms with Gasteiger partial charge in [0.25, 0.3) is 0 Å². The van der Waals surface area contributed by atoms with Gasteiger partial charge in [-0.05, 0) is 69.1 Å². The molecular weight excluding hydrogens is 406 g/mol. The molecule has 2 heterocycles. The second-order valence-electron chi connectivity index (χ2n) is 10.7. The average Bonchev–Trinajstić information content (AvgIpc) is 3.20. The highest BCUT2D eigenvalue weighted by Crippen LogP contribution is 2.38. The second kappa shape index (κ2) is 9.38. The topological polar surface area (TPSA) is 84.7 Å². The number of carboxylic acid groups (broad SMARTS) is 1. The fourth-order valence-electron chi connectivity index (χ4n) is 5.22. The van der Waals surface area contributed by atoms with Crippen LogP contribution in [-0.4, -0.2) is 46.0 Å². The lowest BCUT2D eigenvalue weighted by Gasteiger charge is -2.37. The summed E-state index contributed by atoms with van der Waals surface area (Å²) in [6.45, 7) is 7.89. The summed E-state index contributed by atoms with van der Waals surface area (Å²) in [4.78, 5) is 27.7. The first-order valence-electron chi connectivity index (χ1n) is 12.2. The van der Waals surface area contributed by atoms with Gasteiger partial charge in [-0.15, -0.1) is 5.10 Å². The quantitative estimate of drug-likeness (QED) is 0.694. The van der Waals surface area contributed by atoms with E-state index in [1.807, 2.05) is 0 Å². The first-order chi connectivity index (χ1) is 15.2. The molecule has 2 aliphatic carbocycles. The van der Waals surface area contributed by atoms with Gasteiger partial charge in [0.15, 0.2) is 5.82 Å². The van der Waals surface area contributed by atoms with Crippen LogP contribution in [0, 0.1) is 17.3 Å². The van der Waals surface area contributed by atoms with Crippen molar-refractivity contribution in [1.82, 2.24) is 9.78 Å². The zero-order valence-corrected chi connectivity index (χ0v) is 19.7. The monoisotopic (exact) mass is 443 g/mol. The number of carboxylic acids is 1. The third-order valence-electron chi connectivity index (χ3n) is 7.55. The molecule has 0 unspecified atom stereocenters. The van der Waals surface area contributed by atoms with E-state index in [0.717, 1.165) is 50.6 Å². The molecule has 4 rings (SSSR count). The van der Waals surface area contributed by atoms with E-state index in [2.05, 4.69) is 26.8 Å². The van der Waals surface area contributed by atoms with E-state index in [-0.39, 0.29) is 28.8 Å². The first kappa shape index (κ1) is 23.0. The molecule has 0 aromatic carbocycles. The van der Waals surface area contributed by atoms with E-state index in [1.165, 1.54) is 0 Å². The highest BCUT2D eigenvalue weighted by molar-refractivity contribution is 6.02. The van der Waals surface area contributed by atoms with Crippen molar-refractivity contribution in [3.05, 3.63) is 17.8 Å². The molecule has 1 saturated heterocycles. The Morgan fingerprint density at radius 3 is 2.44 bits per heavy atom. The fourth-order valence-corrected chi connectivity index (χ4v) is 5.22. The Kier molecular flexibility index (Phi) is 6.75. The molecule has 1 saturated carbocycles. The Labute approximate surface area is 190 Å². The summed E-state index contributed by atoms with van der Waals surface area (Å²) >= 11 is 0. The molecule has 0 spiro atoms. The van der Waals surface area contributed by atoms with Crippen molar-refractivity contribution in [1.29, 1.82) is 0 Å². The molecule has 32 heavy (non-hydrogen) atoms. The number of aromatic carboxylic acids is 1. The van der Waals surface area contributed by atoms with Crippen LogP contribution in [-0.2, 0) is 9.53 Å². The third kappa shape index (κ3) is 4.92. The second-order valence-corrected chi connectivity index (χ2v) is 10.7. The van der Waals surface area contributed by atoms with Gasteiger partial charge in [0.1, 0.15) is 5.56 Å². The normalized spacial score (nSPS) is 26.4. The van der Waals surface area contributed by atoms with E-state index in [4.69, 9.17) is 9.84 Å². The highest BCUT2D eigenvalue weighted by Gasteiger charge is 2.37. The van der Waals surface area contributed by atoms with Gasteiger partial charge >= 0.3 is 5.97 Å². The molecule has 2 fully saturated rings. The number of aromatic nitrogens is 2. The van der Waals surface area contributed by atoms with Gasteiger partial charge in [-0.25, -0.2) is 9.48 Å². The number of nitrogens with zero attached hydrogens (tertiary/aromatic N) is 3. The Morgan fingerprint density at radius 2 is 1.84 bits per heavy atom. The maximum atomic E-state index is 13.8. The molecule has 1 aliphatic heterocycles. The predicted molar refractivity (Wildman–Crippen MR) is 124 cm³/mol. The Hall–Kier alpha value is -2.15. The Bertz CT molecular complexity index is 874. The maximum Gasteiger partial charge on any atom is 0.341 e. The van der Waals surface area contributed by atoms with Gasteiger partial charge in [-0.1, -0.05) is 26.8 Å². The molecular formula is C25H37N3O4. The van der Waals surface area contributed by atoms with E-state index >= 15 is 0 Å². The van der Waals surface area contributed by atoms with Crippen molar-refractivity contribution in [2.75, 3.05) is 18.1 Å². The van der Waals surface area contributed by atoms with Crippen LogP contribution < -0.4 is 4.90 Å². The van der Waals surface area contributed by atoms with Crippen LogP contribution in [0.3, 0.4) is 0 Å². The summed E-state index contributed by atoms with van der Waals surface area (Å²) in [5.74, 6) is -0.110. The minimum absolute atomic E-state index is 0.0373. The lowest BCUT2D eigenvalue weighted by molar-refractivity contribution is -0.124. The number of ether oxygens (including phenoxy) is 1. The zero-order chi connectivity index (χ0) is 22.9. The number of carbonyl (C=O) groups excluding carboxylic acids is 1. The highest BCUT2D eigenvalue weighted by atomic mass is 16.5. The molecule has 1 N–H and O–H groups in total. The van der Waals surface area contributed by atoms with Gasteiger partial charge in [0.05, 0.1) is 0 Å². The van der Waals surface area contributed by atoms with E-state index in [9.17, 15) is 14.7 Å². The van der Waals surface area contributed by atoms with E-state index in [1.54, 1.807) is 15.8 Å². The van der Waals surface area contributed by atoms with E-state index in [0.29, 0.717) is 37.8 Å². The van der Waals surface area contributed by atoms with Gasteiger partial charge in [0, 0.05) is 37.1 Å². The van der Waals surface area contributed by atoms with Crippen molar-refractivity contribution >= 4 is 23.4 Å². The molecule has 0 radical (unpaired) electrons. The number of rotatable bonds is 5. The molecule has 1 aromatic rings. The standard InChI is InChI=1S/C25H37N3O4/c1-17-4-6-18(7-5-17)23(29)28(20-10-14-32-15-11-20)22-21(24(30)31)16-27(26-22)19-8-12-25(2,3)13-9-19/h8,16-18,20H,4-7,9-15H2,1-3H3,(H,30,31)/t17-,18-. The summed E-state index contributed by atoms with van der Waals surface area (Å²) in [5, 5.41) is 14.7. The van der Waals surface area contributed by atoms with Crippen LogP contribution in [0.5, 0.6) is 0 Å². The summed E-state index contributed by atoms with van der Waals surface area (Å²) in [6.07, 6.45) is 11.8. The predicted octanol–water partition coefficient (Wildman–Crippen LogP) is 4.97. The number of hydrogen-bond donors (Lipinski definition) is 1. The summed E-state index contributed by atoms with van der Waals surface area (Å²) in [7, 11) is 0. The molecule has 1 amide bonds. The average molecular weight is 444 g/mol. The summed E-state index contributed by atoms with van der Waals surface area (Å²) in [6, 6.07) is -0.0729. The minimum Gasteiger partial charge on any atom is -0.477 e. The van der Waals surface area contributed by atoms with Crippen molar-refractivity contribution in [2.45, 2.75) is 84.6 Å². The molecule has 1 aromatic heterocycles. The number of anilines is 1. The van der Waals surface area contributed by atoms with Crippen LogP contribution >= 0.6 is 0 Å². The fraction of sp³-hybridized carbons (Fsp3) is 0.720. The lowest BCUT2D eigenvalue weighted by Crippen LogP contribution is -2.47. The van der Waals surface area contributed by atoms with Gasteiger partial charge < -0.3 is 9.84 Å². The zero-order valence-electron chi connectivity index (χ0n) is 19.7. The van der Waals surface area contributed by atoms with Gasteiger partial charge in [0.2, 0.25) is 5.91 Å². The van der Waals surface area contributed by atoms with E-state index < -0.39 is 5.97 Å². The van der Waals surface area contributed by atoms with Crippen molar-refractivity contribution in [2.24, 2.45) is 17.3 Å². The molecule has 176 valence electrons. The first-order valence-corrected chi connectivity index (χ1v) is 12.2. The third-order valence-corrected chi connectivity index (χ3v) is 7.55. The number of amides is 1. The lowest BCUT2D eigenvalue weighted by atomic mass is 9.80. The number of hydrogen-bond acceptors (Lipinski definition) is 4. The van der Waals surface area contributed by atoms with Crippen molar-refractivity contribution < 1.29 is 19.4 Å². The molecule has 0 bridgehead atoms. The summed E-state index contributed by atoms with van der Waals surface area (Å²) in [5.41, 5.74) is 1.38. The number of allylic oxidation sites excluding steroid dienone is 2. The van der Waals surface area contributed by atoms with Crippen molar-refractivity contribution in [3.63, 3.8) is 0 Å². The maximum absolute atomic E-state index is 13.8. The largest absolute Gasteiger partial charge is 0.477 e. The SMILES string of the molecule is CC1(C)CC=C(n2cc(C(=O)O)c(N(C(=O)[C@H]3CC[C@H](C)CC3)C3CCOCC3)n2)CC1. The van der Waals surface area contributed by atoms with Crippen LogP contribution in [0.15, 0.2) is 12.3 Å². The van der Waals surface area contributed by atoms with Crippen molar-refractivity contribution in [3.8, 4) is 0 Å². The van der Waals surface area contributed by atoms with Gasteiger partial charge in [-0.2, -0.15) is 0 Å². The van der Waals surface area contributed by atoms with Crippen LogP contribution in [0.1, 0.15) is 88.9 Å². The molecule has 0 atom stereocenters. The molecule has 7 heteroatoms. The number of carbonyl (C=O) groups is 2. The smallest absolute Gasteiger partial charge is 0.341 e. The molecule has 3 aliphatic rings. The van der Waals surface area contributed by atoms with Crippen LogP contribution in [0.2, 0.25) is 0 Å². The Morgan fingerprint density at radius 1 is 1.16 bits per heavy atom. The van der Waals surface area contributed by atoms with Gasteiger partial charge in [-0.3, -0.25) is 9.69 Å². The van der Waals surface area contributed by atoms with Crippen LogP contribution in [0.4, 0.5) is 5.82 Å².